The van der Waals surface area contributed by atoms with Crippen molar-refractivity contribution in [3.05, 3.63) is 53.8 Å². The maximum atomic E-state index is 13.0. The van der Waals surface area contributed by atoms with Crippen LogP contribution in [0, 0.1) is 5.82 Å². The lowest BCUT2D eigenvalue weighted by Gasteiger charge is -2.15. The zero-order valence-electron chi connectivity index (χ0n) is 11.8. The van der Waals surface area contributed by atoms with Crippen LogP contribution in [0.25, 0.3) is 0 Å². The first-order chi connectivity index (χ1) is 9.81. The van der Waals surface area contributed by atoms with E-state index in [9.17, 15) is 12.8 Å². The molecule has 0 spiro atoms. The molecule has 0 aromatic heterocycles. The van der Waals surface area contributed by atoms with Crippen molar-refractivity contribution >= 4 is 21.4 Å². The van der Waals surface area contributed by atoms with Crippen LogP contribution in [-0.4, -0.2) is 8.42 Å². The van der Waals surface area contributed by atoms with E-state index in [1.807, 2.05) is 26.0 Å². The third-order valence-electron chi connectivity index (χ3n) is 3.09. The summed E-state index contributed by atoms with van der Waals surface area (Å²) in [4.78, 5) is -0.137. The van der Waals surface area contributed by atoms with Crippen LogP contribution in [0.3, 0.4) is 0 Å². The van der Waals surface area contributed by atoms with Gasteiger partial charge < -0.3 is 5.73 Å². The highest BCUT2D eigenvalue weighted by atomic mass is 32.2. The van der Waals surface area contributed by atoms with Gasteiger partial charge in [0, 0.05) is 0 Å². The summed E-state index contributed by atoms with van der Waals surface area (Å²) in [5.74, 6) is -0.413. The van der Waals surface area contributed by atoms with Crippen molar-refractivity contribution in [2.75, 3.05) is 10.5 Å². The molecule has 0 atom stereocenters. The molecule has 2 aromatic carbocycles. The van der Waals surface area contributed by atoms with Crippen LogP contribution in [0.2, 0.25) is 0 Å². The van der Waals surface area contributed by atoms with E-state index in [4.69, 9.17) is 5.73 Å². The fourth-order valence-electron chi connectivity index (χ4n) is 2.06. The Morgan fingerprint density at radius 3 is 2.43 bits per heavy atom. The Kier molecular flexibility index (Phi) is 4.18. The summed E-state index contributed by atoms with van der Waals surface area (Å²) in [7, 11) is -3.86. The molecule has 0 aliphatic rings. The van der Waals surface area contributed by atoms with Gasteiger partial charge in [-0.15, -0.1) is 0 Å². The van der Waals surface area contributed by atoms with Gasteiger partial charge in [0.25, 0.3) is 10.0 Å². The summed E-state index contributed by atoms with van der Waals surface area (Å²) in [5.41, 5.74) is 6.85. The molecule has 0 aliphatic carbocycles. The highest BCUT2D eigenvalue weighted by Gasteiger charge is 2.19. The Bertz CT molecular complexity index is 758. The molecule has 3 N–H and O–H groups in total. The van der Waals surface area contributed by atoms with E-state index in [0.29, 0.717) is 5.69 Å². The highest BCUT2D eigenvalue weighted by molar-refractivity contribution is 7.92. The van der Waals surface area contributed by atoms with Gasteiger partial charge in [0.1, 0.15) is 10.7 Å². The number of benzene rings is 2. The molecule has 112 valence electrons. The lowest BCUT2D eigenvalue weighted by molar-refractivity contribution is 0.600. The van der Waals surface area contributed by atoms with E-state index in [1.165, 1.54) is 0 Å². The summed E-state index contributed by atoms with van der Waals surface area (Å²) < 4.78 is 40.3. The molecule has 0 bridgehead atoms. The average molecular weight is 308 g/mol. The van der Waals surface area contributed by atoms with Gasteiger partial charge in [0.15, 0.2) is 0 Å². The summed E-state index contributed by atoms with van der Waals surface area (Å²) in [6, 6.07) is 10.4. The molecule has 0 saturated heterocycles. The molecule has 2 aromatic rings. The maximum Gasteiger partial charge on any atom is 0.263 e. The Labute approximate surface area is 123 Å². The van der Waals surface area contributed by atoms with Gasteiger partial charge in [-0.3, -0.25) is 4.72 Å². The molecule has 2 rings (SSSR count). The average Bonchev–Trinajstić information content (AvgIpc) is 2.37. The molecular formula is C15H17FN2O2S. The normalized spacial score (nSPS) is 11.6. The second kappa shape index (κ2) is 5.73. The third kappa shape index (κ3) is 3.33. The molecule has 4 nitrogen and oxygen atoms in total. The number of nitrogens with one attached hydrogen (secondary N) is 1. The second-order valence-electron chi connectivity index (χ2n) is 5.03. The number of nitrogen functional groups attached to an aromatic ring is 1. The van der Waals surface area contributed by atoms with E-state index in [2.05, 4.69) is 4.72 Å². The fourth-order valence-corrected chi connectivity index (χ4v) is 3.26. The highest BCUT2D eigenvalue weighted by Crippen LogP contribution is 2.27. The van der Waals surface area contributed by atoms with Crippen molar-refractivity contribution in [2.45, 2.75) is 24.7 Å². The smallest absolute Gasteiger partial charge is 0.263 e. The first-order valence-electron chi connectivity index (χ1n) is 6.48. The molecular weight excluding hydrogens is 291 g/mol. The van der Waals surface area contributed by atoms with Gasteiger partial charge in [-0.05, 0) is 35.7 Å². The van der Waals surface area contributed by atoms with Gasteiger partial charge in [-0.25, -0.2) is 12.8 Å². The van der Waals surface area contributed by atoms with Crippen LogP contribution < -0.4 is 10.5 Å². The first-order valence-corrected chi connectivity index (χ1v) is 7.96. The molecule has 0 unspecified atom stereocenters. The third-order valence-corrected chi connectivity index (χ3v) is 4.53. The topological polar surface area (TPSA) is 72.2 Å². The summed E-state index contributed by atoms with van der Waals surface area (Å²) in [5, 5.41) is 0. The number of hydrogen-bond donors (Lipinski definition) is 2. The molecule has 0 heterocycles. The lowest BCUT2D eigenvalue weighted by atomic mass is 10.0. The molecule has 0 amide bonds. The van der Waals surface area contributed by atoms with Crippen molar-refractivity contribution < 1.29 is 12.8 Å². The lowest BCUT2D eigenvalue weighted by Crippen LogP contribution is -2.16. The van der Waals surface area contributed by atoms with Crippen molar-refractivity contribution in [1.82, 2.24) is 0 Å². The van der Waals surface area contributed by atoms with E-state index in [1.54, 1.807) is 12.1 Å². The molecule has 21 heavy (non-hydrogen) atoms. The van der Waals surface area contributed by atoms with Crippen molar-refractivity contribution in [2.24, 2.45) is 0 Å². The minimum absolute atomic E-state index is 0.121. The molecule has 0 radical (unpaired) electrons. The van der Waals surface area contributed by atoms with E-state index >= 15 is 0 Å². The van der Waals surface area contributed by atoms with E-state index < -0.39 is 15.8 Å². The predicted octanol–water partition coefficient (Wildman–Crippen LogP) is 3.33. The van der Waals surface area contributed by atoms with Crippen LogP contribution in [0.5, 0.6) is 0 Å². The first kappa shape index (κ1) is 15.3. The van der Waals surface area contributed by atoms with Crippen LogP contribution in [0.15, 0.2) is 47.4 Å². The van der Waals surface area contributed by atoms with Gasteiger partial charge in [-0.1, -0.05) is 32.0 Å². The number of hydrogen-bond acceptors (Lipinski definition) is 3. The fraction of sp³-hybridized carbons (Fsp3) is 0.200. The van der Waals surface area contributed by atoms with Gasteiger partial charge in [-0.2, -0.15) is 0 Å². The van der Waals surface area contributed by atoms with Crippen molar-refractivity contribution in [3.8, 4) is 0 Å². The number of sulfonamides is 1. The van der Waals surface area contributed by atoms with Crippen LogP contribution in [0.1, 0.15) is 25.3 Å². The molecule has 0 aliphatic heterocycles. The van der Waals surface area contributed by atoms with Gasteiger partial charge >= 0.3 is 0 Å². The second-order valence-corrected chi connectivity index (χ2v) is 6.68. The Morgan fingerprint density at radius 1 is 1.14 bits per heavy atom. The number of halogens is 1. The molecule has 6 heteroatoms. The zero-order valence-corrected chi connectivity index (χ0v) is 12.6. The number of rotatable bonds is 4. The van der Waals surface area contributed by atoms with Crippen LogP contribution in [-0.2, 0) is 10.0 Å². The summed E-state index contributed by atoms with van der Waals surface area (Å²) >= 11 is 0. The number of anilines is 2. The Balaban J connectivity index is 2.43. The van der Waals surface area contributed by atoms with E-state index in [0.717, 1.165) is 23.8 Å². The summed E-state index contributed by atoms with van der Waals surface area (Å²) in [6.07, 6.45) is 0. The minimum atomic E-state index is -3.86. The SMILES string of the molecule is CC(C)c1ccccc1NS(=O)(=O)c1ccc(F)cc1N. The predicted molar refractivity (Wildman–Crippen MR) is 82.2 cm³/mol. The largest absolute Gasteiger partial charge is 0.398 e. The quantitative estimate of drug-likeness (QED) is 0.851. The van der Waals surface area contributed by atoms with Crippen molar-refractivity contribution in [3.63, 3.8) is 0 Å². The minimum Gasteiger partial charge on any atom is -0.398 e. The van der Waals surface area contributed by atoms with Crippen LogP contribution in [0.4, 0.5) is 15.8 Å². The van der Waals surface area contributed by atoms with E-state index in [-0.39, 0.29) is 16.5 Å². The van der Waals surface area contributed by atoms with Gasteiger partial charge in [0.2, 0.25) is 0 Å². The standard InChI is InChI=1S/C15H17FN2O2S/c1-10(2)12-5-3-4-6-14(12)18-21(19,20)15-8-7-11(16)9-13(15)17/h3-10,18H,17H2,1-2H3. The Hall–Kier alpha value is -2.08. The zero-order chi connectivity index (χ0) is 15.6. The summed E-state index contributed by atoms with van der Waals surface area (Å²) in [6.45, 7) is 3.94. The molecule has 0 saturated carbocycles. The number of nitrogens with two attached hydrogens (primary N) is 1. The van der Waals surface area contributed by atoms with Crippen molar-refractivity contribution in [1.29, 1.82) is 0 Å². The Morgan fingerprint density at radius 2 is 1.81 bits per heavy atom. The van der Waals surface area contributed by atoms with Gasteiger partial charge in [0.05, 0.1) is 11.4 Å². The number of para-hydroxylation sites is 1. The molecule has 0 fully saturated rings. The maximum absolute atomic E-state index is 13.0. The monoisotopic (exact) mass is 308 g/mol. The van der Waals surface area contributed by atoms with Crippen LogP contribution >= 0.6 is 0 Å².